The molecule has 0 aliphatic heterocycles. The third-order valence-corrected chi connectivity index (χ3v) is 4.38. The number of aromatic nitrogens is 2. The van der Waals surface area contributed by atoms with Crippen molar-refractivity contribution in [1.82, 2.24) is 9.55 Å². The average molecular weight is 407 g/mol. The van der Waals surface area contributed by atoms with Crippen molar-refractivity contribution >= 4 is 43.5 Å². The van der Waals surface area contributed by atoms with Gasteiger partial charge in [0.25, 0.3) is 0 Å². The van der Waals surface area contributed by atoms with Crippen molar-refractivity contribution in [3.8, 4) is 5.69 Å². The van der Waals surface area contributed by atoms with Crippen molar-refractivity contribution < 1.29 is 0 Å². The molecule has 0 saturated carbocycles. The Morgan fingerprint density at radius 3 is 2.29 bits per heavy atom. The normalized spacial score (nSPS) is 10.6. The monoisotopic (exact) mass is 405 g/mol. The number of anilines is 2. The summed E-state index contributed by atoms with van der Waals surface area (Å²) in [5.41, 5.74) is 2.99. The molecule has 21 heavy (non-hydrogen) atoms. The molecule has 1 aromatic heterocycles. The van der Waals surface area contributed by atoms with Gasteiger partial charge in [0.2, 0.25) is 5.95 Å². The summed E-state index contributed by atoms with van der Waals surface area (Å²) in [6, 6.07) is 16.1. The van der Waals surface area contributed by atoms with Gasteiger partial charge in [-0.05, 0) is 63.0 Å². The number of para-hydroxylation sites is 2. The van der Waals surface area contributed by atoms with Gasteiger partial charge in [-0.25, -0.2) is 4.98 Å². The van der Waals surface area contributed by atoms with Gasteiger partial charge in [-0.3, -0.25) is 4.57 Å². The van der Waals surface area contributed by atoms with Gasteiger partial charge in [0.1, 0.15) is 0 Å². The van der Waals surface area contributed by atoms with E-state index in [0.29, 0.717) is 0 Å². The van der Waals surface area contributed by atoms with E-state index in [-0.39, 0.29) is 0 Å². The molecule has 1 heterocycles. The Hall–Kier alpha value is -1.59. The van der Waals surface area contributed by atoms with E-state index in [9.17, 15) is 0 Å². The van der Waals surface area contributed by atoms with E-state index in [2.05, 4.69) is 54.3 Å². The summed E-state index contributed by atoms with van der Waals surface area (Å²) in [6.07, 6.45) is 2.02. The maximum Gasteiger partial charge on any atom is 0.212 e. The Kier molecular flexibility index (Phi) is 4.12. The summed E-state index contributed by atoms with van der Waals surface area (Å²) in [7, 11) is 0. The Bertz CT molecular complexity index is 746. The van der Waals surface area contributed by atoms with Gasteiger partial charge in [0.15, 0.2) is 0 Å². The molecule has 0 radical (unpaired) electrons. The molecular formula is C16H13Br2N3. The Balaban J connectivity index is 2.04. The zero-order chi connectivity index (χ0) is 14.8. The minimum absolute atomic E-state index is 0.784. The first kappa shape index (κ1) is 14.4. The maximum atomic E-state index is 4.57. The van der Waals surface area contributed by atoms with Crippen molar-refractivity contribution in [3.63, 3.8) is 0 Å². The summed E-state index contributed by atoms with van der Waals surface area (Å²) in [6.45, 7) is 1.99. The SMILES string of the molecule is Cc1cn(-c2ccccc2)c(Nc2c(Br)cccc2Br)n1. The Morgan fingerprint density at radius 2 is 1.62 bits per heavy atom. The summed E-state index contributed by atoms with van der Waals surface area (Å²) >= 11 is 7.13. The third-order valence-electron chi connectivity index (χ3n) is 3.06. The van der Waals surface area contributed by atoms with Crippen molar-refractivity contribution in [3.05, 3.63) is 69.4 Å². The van der Waals surface area contributed by atoms with Gasteiger partial charge in [0.05, 0.1) is 11.4 Å². The molecule has 0 spiro atoms. The van der Waals surface area contributed by atoms with Crippen LogP contribution in [0.1, 0.15) is 5.69 Å². The molecular weight excluding hydrogens is 394 g/mol. The molecule has 0 atom stereocenters. The smallest absolute Gasteiger partial charge is 0.212 e. The second-order valence-corrected chi connectivity index (χ2v) is 6.34. The van der Waals surface area contributed by atoms with Gasteiger partial charge in [-0.2, -0.15) is 0 Å². The number of halogens is 2. The predicted octanol–water partition coefficient (Wildman–Crippen LogP) is 5.45. The summed E-state index contributed by atoms with van der Waals surface area (Å²) in [5, 5.41) is 3.39. The number of hydrogen-bond acceptors (Lipinski definition) is 2. The number of aryl methyl sites for hydroxylation is 1. The summed E-state index contributed by atoms with van der Waals surface area (Å²) in [5.74, 6) is 0.784. The highest BCUT2D eigenvalue weighted by molar-refractivity contribution is 9.11. The van der Waals surface area contributed by atoms with E-state index in [0.717, 1.165) is 32.0 Å². The molecule has 0 aliphatic rings. The van der Waals surface area contributed by atoms with Crippen LogP contribution in [0.25, 0.3) is 5.69 Å². The minimum atomic E-state index is 0.784. The minimum Gasteiger partial charge on any atom is -0.323 e. The van der Waals surface area contributed by atoms with Crippen LogP contribution in [0.15, 0.2) is 63.7 Å². The third kappa shape index (κ3) is 3.04. The second-order valence-electron chi connectivity index (χ2n) is 4.63. The van der Waals surface area contributed by atoms with E-state index in [1.165, 1.54) is 0 Å². The van der Waals surface area contributed by atoms with Gasteiger partial charge >= 0.3 is 0 Å². The second kappa shape index (κ2) is 6.03. The van der Waals surface area contributed by atoms with Crippen LogP contribution < -0.4 is 5.32 Å². The first-order valence-electron chi connectivity index (χ1n) is 6.47. The van der Waals surface area contributed by atoms with Gasteiger partial charge < -0.3 is 5.32 Å². The van der Waals surface area contributed by atoms with E-state index < -0.39 is 0 Å². The van der Waals surface area contributed by atoms with Gasteiger partial charge in [-0.1, -0.05) is 24.3 Å². The lowest BCUT2D eigenvalue weighted by molar-refractivity contribution is 1.06. The number of nitrogens with zero attached hydrogens (tertiary/aromatic N) is 2. The number of nitrogens with one attached hydrogen (secondary N) is 1. The van der Waals surface area contributed by atoms with E-state index in [4.69, 9.17) is 0 Å². The van der Waals surface area contributed by atoms with Gasteiger partial charge in [-0.15, -0.1) is 0 Å². The molecule has 0 amide bonds. The highest BCUT2D eigenvalue weighted by Gasteiger charge is 2.11. The van der Waals surface area contributed by atoms with Crippen LogP contribution in [0.3, 0.4) is 0 Å². The number of hydrogen-bond donors (Lipinski definition) is 1. The van der Waals surface area contributed by atoms with Crippen LogP contribution in [0.2, 0.25) is 0 Å². The molecule has 3 aromatic rings. The molecule has 106 valence electrons. The molecule has 3 rings (SSSR count). The van der Waals surface area contributed by atoms with Crippen LogP contribution >= 0.6 is 31.9 Å². The van der Waals surface area contributed by atoms with Crippen LogP contribution in [0.4, 0.5) is 11.6 Å². The van der Waals surface area contributed by atoms with Crippen LogP contribution in [-0.2, 0) is 0 Å². The fraction of sp³-hybridized carbons (Fsp3) is 0.0625. The van der Waals surface area contributed by atoms with Crippen molar-refractivity contribution in [2.45, 2.75) is 6.92 Å². The van der Waals surface area contributed by atoms with Crippen molar-refractivity contribution in [2.24, 2.45) is 0 Å². The molecule has 0 aliphatic carbocycles. The van der Waals surface area contributed by atoms with Gasteiger partial charge in [0, 0.05) is 20.8 Å². The molecule has 0 bridgehead atoms. The lowest BCUT2D eigenvalue weighted by Crippen LogP contribution is -2.02. The molecule has 0 unspecified atom stereocenters. The largest absolute Gasteiger partial charge is 0.323 e. The first-order chi connectivity index (χ1) is 10.1. The number of imidazole rings is 1. The molecule has 0 fully saturated rings. The summed E-state index contributed by atoms with van der Waals surface area (Å²) in [4.78, 5) is 4.57. The van der Waals surface area contributed by atoms with E-state index in [1.54, 1.807) is 0 Å². The first-order valence-corrected chi connectivity index (χ1v) is 8.06. The highest BCUT2D eigenvalue weighted by Crippen LogP contribution is 2.33. The number of benzene rings is 2. The summed E-state index contributed by atoms with van der Waals surface area (Å²) < 4.78 is 4.01. The maximum absolute atomic E-state index is 4.57. The lowest BCUT2D eigenvalue weighted by Gasteiger charge is -2.12. The molecule has 0 saturated heterocycles. The zero-order valence-electron chi connectivity index (χ0n) is 11.3. The van der Waals surface area contributed by atoms with E-state index >= 15 is 0 Å². The number of rotatable bonds is 3. The average Bonchev–Trinajstić information content (AvgIpc) is 2.85. The highest BCUT2D eigenvalue weighted by atomic mass is 79.9. The van der Waals surface area contributed by atoms with Crippen molar-refractivity contribution in [2.75, 3.05) is 5.32 Å². The van der Waals surface area contributed by atoms with Crippen molar-refractivity contribution in [1.29, 1.82) is 0 Å². The fourth-order valence-corrected chi connectivity index (χ4v) is 3.30. The lowest BCUT2D eigenvalue weighted by atomic mass is 10.3. The Labute approximate surface area is 140 Å². The Morgan fingerprint density at radius 1 is 0.952 bits per heavy atom. The van der Waals surface area contributed by atoms with E-state index in [1.807, 2.05) is 54.1 Å². The quantitative estimate of drug-likeness (QED) is 0.626. The molecule has 2 aromatic carbocycles. The van der Waals surface area contributed by atoms with Crippen LogP contribution in [-0.4, -0.2) is 9.55 Å². The standard InChI is InChI=1S/C16H13Br2N3/c1-11-10-21(12-6-3-2-4-7-12)16(19-11)20-15-13(17)8-5-9-14(15)18/h2-10H,1H3,(H,19,20). The zero-order valence-corrected chi connectivity index (χ0v) is 14.5. The topological polar surface area (TPSA) is 29.9 Å². The van der Waals surface area contributed by atoms with Crippen LogP contribution in [0, 0.1) is 6.92 Å². The predicted molar refractivity (Wildman–Crippen MR) is 93.4 cm³/mol. The molecule has 3 nitrogen and oxygen atoms in total. The van der Waals surface area contributed by atoms with Crippen LogP contribution in [0.5, 0.6) is 0 Å². The fourth-order valence-electron chi connectivity index (χ4n) is 2.10. The molecule has 1 N–H and O–H groups in total. The molecule has 5 heteroatoms.